The van der Waals surface area contributed by atoms with Crippen LogP contribution in [0.5, 0.6) is 0 Å². The summed E-state index contributed by atoms with van der Waals surface area (Å²) < 4.78 is 3.20. The number of hydrogen-bond acceptors (Lipinski definition) is 3. The molecular weight excluding hydrogens is 270 g/mol. The van der Waals surface area contributed by atoms with Crippen molar-refractivity contribution >= 4 is 16.7 Å². The summed E-state index contributed by atoms with van der Waals surface area (Å²) in [5, 5.41) is 10.8. The van der Waals surface area contributed by atoms with Gasteiger partial charge in [0.15, 0.2) is 0 Å². The number of nitrogens with zero attached hydrogens (tertiary/aromatic N) is 3. The molecule has 0 bridgehead atoms. The molecule has 0 aliphatic heterocycles. The van der Waals surface area contributed by atoms with E-state index in [4.69, 9.17) is 0 Å². The maximum Gasteiger partial charge on any atom is 0.329 e. The molecule has 0 radical (unpaired) electrons. The second-order valence-corrected chi connectivity index (χ2v) is 4.84. The first kappa shape index (κ1) is 13.1. The third-order valence-corrected chi connectivity index (χ3v) is 3.51. The Morgan fingerprint density at radius 3 is 2.52 bits per heavy atom. The van der Waals surface area contributed by atoms with Crippen LogP contribution < -0.4 is 5.69 Å². The van der Waals surface area contributed by atoms with Gasteiger partial charge in [0.2, 0.25) is 0 Å². The molecule has 0 unspecified atom stereocenters. The lowest BCUT2D eigenvalue weighted by Crippen LogP contribution is -2.22. The number of nitro groups is 1. The molecule has 0 aliphatic rings. The maximum atomic E-state index is 12.3. The molecule has 0 aliphatic carbocycles. The first-order valence-electron chi connectivity index (χ1n) is 6.45. The summed E-state index contributed by atoms with van der Waals surface area (Å²) in [4.78, 5) is 22.7. The lowest BCUT2D eigenvalue weighted by atomic mass is 10.2. The highest BCUT2D eigenvalue weighted by Crippen LogP contribution is 2.16. The van der Waals surface area contributed by atoms with Crippen LogP contribution in [-0.4, -0.2) is 14.1 Å². The van der Waals surface area contributed by atoms with Gasteiger partial charge in [0, 0.05) is 19.2 Å². The van der Waals surface area contributed by atoms with Crippen molar-refractivity contribution in [3.05, 3.63) is 74.7 Å². The van der Waals surface area contributed by atoms with E-state index in [9.17, 15) is 14.9 Å². The zero-order valence-corrected chi connectivity index (χ0v) is 11.4. The summed E-state index contributed by atoms with van der Waals surface area (Å²) >= 11 is 0. The topological polar surface area (TPSA) is 70.1 Å². The van der Waals surface area contributed by atoms with Crippen molar-refractivity contribution < 1.29 is 4.92 Å². The monoisotopic (exact) mass is 283 g/mol. The molecule has 6 nitrogen and oxygen atoms in total. The van der Waals surface area contributed by atoms with Gasteiger partial charge in [-0.3, -0.25) is 19.2 Å². The molecule has 0 saturated heterocycles. The molecule has 0 saturated carbocycles. The van der Waals surface area contributed by atoms with E-state index >= 15 is 0 Å². The van der Waals surface area contributed by atoms with Gasteiger partial charge in [0.05, 0.1) is 22.5 Å². The van der Waals surface area contributed by atoms with E-state index in [0.29, 0.717) is 6.54 Å². The Kier molecular flexibility index (Phi) is 3.06. The van der Waals surface area contributed by atoms with Crippen molar-refractivity contribution in [2.75, 3.05) is 0 Å². The first-order chi connectivity index (χ1) is 10.1. The van der Waals surface area contributed by atoms with Crippen LogP contribution in [-0.2, 0) is 13.6 Å². The zero-order chi connectivity index (χ0) is 15.0. The van der Waals surface area contributed by atoms with E-state index in [-0.39, 0.29) is 11.4 Å². The normalized spacial score (nSPS) is 10.9. The molecule has 0 atom stereocenters. The van der Waals surface area contributed by atoms with Crippen LogP contribution >= 0.6 is 0 Å². The van der Waals surface area contributed by atoms with Gasteiger partial charge in [-0.2, -0.15) is 0 Å². The largest absolute Gasteiger partial charge is 0.329 e. The number of aryl methyl sites for hydroxylation is 1. The van der Waals surface area contributed by atoms with Gasteiger partial charge in [-0.1, -0.05) is 24.3 Å². The van der Waals surface area contributed by atoms with Gasteiger partial charge < -0.3 is 0 Å². The second-order valence-electron chi connectivity index (χ2n) is 4.84. The molecule has 21 heavy (non-hydrogen) atoms. The number of imidazole rings is 1. The third kappa shape index (κ3) is 2.20. The fourth-order valence-corrected chi connectivity index (χ4v) is 2.47. The minimum atomic E-state index is -0.435. The van der Waals surface area contributed by atoms with Crippen molar-refractivity contribution in [2.45, 2.75) is 6.54 Å². The van der Waals surface area contributed by atoms with Gasteiger partial charge in [-0.25, -0.2) is 4.79 Å². The van der Waals surface area contributed by atoms with Crippen LogP contribution in [0.15, 0.2) is 53.3 Å². The fraction of sp³-hybridized carbons (Fsp3) is 0.133. The standard InChI is InChI=1S/C15H13N3O3/c1-16-13-7-2-3-8-14(13)17(15(16)19)10-11-5-4-6-12(9-11)18(20)21/h2-9H,10H2,1H3. The highest BCUT2D eigenvalue weighted by atomic mass is 16.6. The molecule has 106 valence electrons. The minimum absolute atomic E-state index is 0.0285. The molecule has 1 aromatic heterocycles. The molecule has 0 N–H and O–H groups in total. The van der Waals surface area contributed by atoms with Crippen molar-refractivity contribution in [3.63, 3.8) is 0 Å². The summed E-state index contributed by atoms with van der Waals surface area (Å²) in [6.45, 7) is 0.307. The van der Waals surface area contributed by atoms with Crippen LogP contribution in [0.3, 0.4) is 0 Å². The summed E-state index contributed by atoms with van der Waals surface area (Å²) in [6, 6.07) is 13.8. The number of rotatable bonds is 3. The molecule has 6 heteroatoms. The van der Waals surface area contributed by atoms with E-state index in [0.717, 1.165) is 16.6 Å². The lowest BCUT2D eigenvalue weighted by molar-refractivity contribution is -0.384. The van der Waals surface area contributed by atoms with E-state index in [1.807, 2.05) is 24.3 Å². The Bertz CT molecular complexity index is 893. The van der Waals surface area contributed by atoms with E-state index in [2.05, 4.69) is 0 Å². The van der Waals surface area contributed by atoms with Crippen LogP contribution in [0, 0.1) is 10.1 Å². The quantitative estimate of drug-likeness (QED) is 0.547. The maximum absolute atomic E-state index is 12.3. The van der Waals surface area contributed by atoms with Crippen molar-refractivity contribution in [1.29, 1.82) is 0 Å². The Balaban J connectivity index is 2.10. The Morgan fingerprint density at radius 2 is 1.81 bits per heavy atom. The average Bonchev–Trinajstić information content (AvgIpc) is 2.73. The summed E-state index contributed by atoms with van der Waals surface area (Å²) in [6.07, 6.45) is 0. The molecule has 3 rings (SSSR count). The van der Waals surface area contributed by atoms with Gasteiger partial charge in [-0.05, 0) is 17.7 Å². The number of aromatic nitrogens is 2. The Morgan fingerprint density at radius 1 is 1.10 bits per heavy atom. The lowest BCUT2D eigenvalue weighted by Gasteiger charge is -2.03. The predicted octanol–water partition coefficient (Wildman–Crippen LogP) is 2.30. The van der Waals surface area contributed by atoms with Gasteiger partial charge >= 0.3 is 5.69 Å². The molecule has 1 heterocycles. The molecule has 0 amide bonds. The molecule has 2 aromatic carbocycles. The summed E-state index contributed by atoms with van der Waals surface area (Å²) in [7, 11) is 1.72. The first-order valence-corrected chi connectivity index (χ1v) is 6.45. The SMILES string of the molecule is Cn1c(=O)n(Cc2cccc([N+](=O)[O-])c2)c2ccccc21. The van der Waals surface area contributed by atoms with Crippen molar-refractivity contribution in [2.24, 2.45) is 7.05 Å². The minimum Gasteiger partial charge on any atom is -0.295 e. The third-order valence-electron chi connectivity index (χ3n) is 3.51. The fourth-order valence-electron chi connectivity index (χ4n) is 2.47. The molecule has 3 aromatic rings. The molecular formula is C15H13N3O3. The average molecular weight is 283 g/mol. The summed E-state index contributed by atoms with van der Waals surface area (Å²) in [5.74, 6) is 0. The smallest absolute Gasteiger partial charge is 0.295 e. The van der Waals surface area contributed by atoms with E-state index < -0.39 is 4.92 Å². The van der Waals surface area contributed by atoms with Crippen LogP contribution in [0.4, 0.5) is 5.69 Å². The van der Waals surface area contributed by atoms with Gasteiger partial charge in [0.1, 0.15) is 0 Å². The highest BCUT2D eigenvalue weighted by Gasteiger charge is 2.12. The number of para-hydroxylation sites is 2. The zero-order valence-electron chi connectivity index (χ0n) is 11.4. The predicted molar refractivity (Wildman–Crippen MR) is 79.4 cm³/mol. The number of non-ortho nitro benzene ring substituents is 1. The highest BCUT2D eigenvalue weighted by molar-refractivity contribution is 5.75. The number of hydrogen-bond donors (Lipinski definition) is 0. The molecule has 0 fully saturated rings. The Hall–Kier alpha value is -2.89. The van der Waals surface area contributed by atoms with Crippen molar-refractivity contribution in [1.82, 2.24) is 9.13 Å². The number of fused-ring (bicyclic) bond motifs is 1. The second kappa shape index (κ2) is 4.90. The number of nitro benzene ring substituents is 1. The van der Waals surface area contributed by atoms with Crippen LogP contribution in [0.25, 0.3) is 11.0 Å². The number of benzene rings is 2. The van der Waals surface area contributed by atoms with E-state index in [1.54, 1.807) is 28.3 Å². The van der Waals surface area contributed by atoms with Crippen LogP contribution in [0.1, 0.15) is 5.56 Å². The van der Waals surface area contributed by atoms with E-state index in [1.165, 1.54) is 12.1 Å². The Labute approximate surface area is 120 Å². The van der Waals surface area contributed by atoms with Gasteiger partial charge in [0.25, 0.3) is 5.69 Å². The van der Waals surface area contributed by atoms with Gasteiger partial charge in [-0.15, -0.1) is 0 Å². The van der Waals surface area contributed by atoms with Crippen LogP contribution in [0.2, 0.25) is 0 Å². The van der Waals surface area contributed by atoms with Crippen molar-refractivity contribution in [3.8, 4) is 0 Å². The molecule has 0 spiro atoms. The summed E-state index contributed by atoms with van der Waals surface area (Å²) in [5.41, 5.74) is 2.27.